The fourth-order valence-electron chi connectivity index (χ4n) is 1.99. The second-order valence-corrected chi connectivity index (χ2v) is 6.44. The summed E-state index contributed by atoms with van der Waals surface area (Å²) in [7, 11) is -3.88. The molecule has 0 fully saturated rings. The van der Waals surface area contributed by atoms with Crippen molar-refractivity contribution in [1.82, 2.24) is 0 Å². The van der Waals surface area contributed by atoms with Gasteiger partial charge < -0.3 is 4.74 Å². The van der Waals surface area contributed by atoms with Crippen LogP contribution in [0, 0.1) is 12.7 Å². The highest BCUT2D eigenvalue weighted by Crippen LogP contribution is 2.23. The summed E-state index contributed by atoms with van der Waals surface area (Å²) in [5.74, 6) is -1.04. The number of halogens is 1. The molecule has 0 amide bonds. The largest absolute Gasteiger partial charge is 0.462 e. The van der Waals surface area contributed by atoms with Crippen LogP contribution in [0.25, 0.3) is 0 Å². The van der Waals surface area contributed by atoms with Gasteiger partial charge in [0.25, 0.3) is 10.0 Å². The van der Waals surface area contributed by atoms with Gasteiger partial charge in [0, 0.05) is 0 Å². The number of carbonyl (C=O) groups excluding carboxylic acids is 1. The van der Waals surface area contributed by atoms with E-state index in [1.165, 1.54) is 12.1 Å². The number of carbonyl (C=O) groups is 1. The average Bonchev–Trinajstić information content (AvgIpc) is 2.50. The Morgan fingerprint density at radius 1 is 1.17 bits per heavy atom. The lowest BCUT2D eigenvalue weighted by Gasteiger charge is -2.13. The van der Waals surface area contributed by atoms with Crippen molar-refractivity contribution in [2.75, 3.05) is 11.3 Å². The summed E-state index contributed by atoms with van der Waals surface area (Å²) in [4.78, 5) is 11.8. The summed E-state index contributed by atoms with van der Waals surface area (Å²) in [6.07, 6.45) is 0. The molecule has 0 aromatic heterocycles. The predicted molar refractivity (Wildman–Crippen MR) is 84.3 cm³/mol. The van der Waals surface area contributed by atoms with Crippen molar-refractivity contribution < 1.29 is 22.3 Å². The number of nitrogens with one attached hydrogen (secondary N) is 1. The van der Waals surface area contributed by atoms with E-state index >= 15 is 0 Å². The molecule has 2 aromatic rings. The summed E-state index contributed by atoms with van der Waals surface area (Å²) < 4.78 is 44.9. The number of ether oxygens (including phenoxy) is 1. The van der Waals surface area contributed by atoms with Gasteiger partial charge in [-0.15, -0.1) is 0 Å². The highest BCUT2D eigenvalue weighted by atomic mass is 32.2. The molecule has 7 heteroatoms. The van der Waals surface area contributed by atoms with Crippen LogP contribution in [0.5, 0.6) is 0 Å². The molecule has 122 valence electrons. The Labute approximate surface area is 134 Å². The Bertz CT molecular complexity index is 816. The van der Waals surface area contributed by atoms with E-state index in [2.05, 4.69) is 4.72 Å². The van der Waals surface area contributed by atoms with Gasteiger partial charge in [-0.05, 0) is 55.8 Å². The highest BCUT2D eigenvalue weighted by molar-refractivity contribution is 7.92. The Morgan fingerprint density at radius 2 is 1.83 bits per heavy atom. The Kier molecular flexibility index (Phi) is 5.00. The van der Waals surface area contributed by atoms with Crippen LogP contribution < -0.4 is 4.72 Å². The molecule has 0 aliphatic rings. The predicted octanol–water partition coefficient (Wildman–Crippen LogP) is 3.11. The van der Waals surface area contributed by atoms with Crippen LogP contribution in [0.3, 0.4) is 0 Å². The zero-order valence-electron chi connectivity index (χ0n) is 12.7. The lowest BCUT2D eigenvalue weighted by Crippen LogP contribution is -2.15. The first-order valence-corrected chi connectivity index (χ1v) is 8.38. The number of rotatable bonds is 5. The smallest absolute Gasteiger partial charge is 0.338 e. The van der Waals surface area contributed by atoms with E-state index < -0.39 is 21.8 Å². The lowest BCUT2D eigenvalue weighted by molar-refractivity contribution is 0.0525. The number of sulfonamides is 1. The summed E-state index contributed by atoms with van der Waals surface area (Å²) in [6, 6.07) is 9.13. The van der Waals surface area contributed by atoms with Gasteiger partial charge in [-0.3, -0.25) is 4.72 Å². The molecule has 0 saturated heterocycles. The molecule has 0 aliphatic carbocycles. The van der Waals surface area contributed by atoms with Gasteiger partial charge in [-0.2, -0.15) is 0 Å². The van der Waals surface area contributed by atoms with Crippen LogP contribution in [-0.2, 0) is 14.8 Å². The Balaban J connectivity index is 2.34. The SMILES string of the molecule is CCOC(=O)c1cccc(NS(=O)(=O)c2ccc(F)cc2)c1C. The Hall–Kier alpha value is -2.41. The molecule has 0 unspecified atom stereocenters. The zero-order valence-corrected chi connectivity index (χ0v) is 13.5. The minimum Gasteiger partial charge on any atom is -0.462 e. The number of benzene rings is 2. The fourth-order valence-corrected chi connectivity index (χ4v) is 3.12. The van der Waals surface area contributed by atoms with Crippen LogP contribution in [0.2, 0.25) is 0 Å². The number of hydrogen-bond donors (Lipinski definition) is 1. The molecular formula is C16H16FNO4S. The third kappa shape index (κ3) is 3.87. The van der Waals surface area contributed by atoms with Crippen LogP contribution in [0.15, 0.2) is 47.4 Å². The molecule has 0 spiro atoms. The molecular weight excluding hydrogens is 321 g/mol. The molecule has 0 heterocycles. The van der Waals surface area contributed by atoms with E-state index in [0.717, 1.165) is 12.1 Å². The maximum Gasteiger partial charge on any atom is 0.338 e. The molecule has 0 bridgehead atoms. The molecule has 2 aromatic carbocycles. The van der Waals surface area contributed by atoms with Crippen molar-refractivity contribution in [3.63, 3.8) is 0 Å². The van der Waals surface area contributed by atoms with E-state index in [4.69, 9.17) is 4.74 Å². The molecule has 0 saturated carbocycles. The summed E-state index contributed by atoms with van der Waals surface area (Å²) in [6.45, 7) is 3.53. The monoisotopic (exact) mass is 337 g/mol. The standard InChI is InChI=1S/C16H16FNO4S/c1-3-22-16(19)14-5-4-6-15(11(14)2)18-23(20,21)13-9-7-12(17)8-10-13/h4-10,18H,3H2,1-2H3. The Morgan fingerprint density at radius 3 is 2.43 bits per heavy atom. The molecule has 0 aliphatic heterocycles. The first-order chi connectivity index (χ1) is 10.8. The van der Waals surface area contributed by atoms with Crippen molar-refractivity contribution in [2.45, 2.75) is 18.7 Å². The summed E-state index contributed by atoms with van der Waals surface area (Å²) in [5.41, 5.74) is 1.00. The van der Waals surface area contributed by atoms with E-state index in [0.29, 0.717) is 5.56 Å². The van der Waals surface area contributed by atoms with E-state index in [1.54, 1.807) is 32.0 Å². The maximum absolute atomic E-state index is 12.9. The molecule has 1 N–H and O–H groups in total. The second-order valence-electron chi connectivity index (χ2n) is 4.76. The minimum absolute atomic E-state index is 0.0696. The first-order valence-electron chi connectivity index (χ1n) is 6.90. The van der Waals surface area contributed by atoms with Crippen LogP contribution in [-0.4, -0.2) is 21.0 Å². The fraction of sp³-hybridized carbons (Fsp3) is 0.188. The third-order valence-electron chi connectivity index (χ3n) is 3.20. The van der Waals surface area contributed by atoms with E-state index in [9.17, 15) is 17.6 Å². The quantitative estimate of drug-likeness (QED) is 0.851. The van der Waals surface area contributed by atoms with Gasteiger partial charge >= 0.3 is 5.97 Å². The normalized spacial score (nSPS) is 11.1. The minimum atomic E-state index is -3.88. The summed E-state index contributed by atoms with van der Waals surface area (Å²) >= 11 is 0. The molecule has 0 radical (unpaired) electrons. The van der Waals surface area contributed by atoms with Gasteiger partial charge in [-0.25, -0.2) is 17.6 Å². The molecule has 0 atom stereocenters. The number of esters is 1. The van der Waals surface area contributed by atoms with Gasteiger partial charge in [0.2, 0.25) is 0 Å². The van der Waals surface area contributed by atoms with Gasteiger partial charge in [-0.1, -0.05) is 6.07 Å². The van der Waals surface area contributed by atoms with Crippen molar-refractivity contribution in [2.24, 2.45) is 0 Å². The number of hydrogen-bond acceptors (Lipinski definition) is 4. The van der Waals surface area contributed by atoms with Crippen molar-refractivity contribution >= 4 is 21.7 Å². The topological polar surface area (TPSA) is 72.5 Å². The summed E-state index contributed by atoms with van der Waals surface area (Å²) in [5, 5.41) is 0. The van der Waals surface area contributed by atoms with Crippen LogP contribution >= 0.6 is 0 Å². The lowest BCUT2D eigenvalue weighted by atomic mass is 10.1. The van der Waals surface area contributed by atoms with Gasteiger partial charge in [0.1, 0.15) is 5.82 Å². The number of anilines is 1. The van der Waals surface area contributed by atoms with Crippen molar-refractivity contribution in [1.29, 1.82) is 0 Å². The average molecular weight is 337 g/mol. The first kappa shape index (κ1) is 17.0. The highest BCUT2D eigenvalue weighted by Gasteiger charge is 2.18. The van der Waals surface area contributed by atoms with Gasteiger partial charge in [0.15, 0.2) is 0 Å². The maximum atomic E-state index is 12.9. The van der Waals surface area contributed by atoms with Crippen LogP contribution in [0.4, 0.5) is 10.1 Å². The van der Waals surface area contributed by atoms with Crippen LogP contribution in [0.1, 0.15) is 22.8 Å². The molecule has 23 heavy (non-hydrogen) atoms. The van der Waals surface area contributed by atoms with E-state index in [-0.39, 0.29) is 22.8 Å². The van der Waals surface area contributed by atoms with Gasteiger partial charge in [0.05, 0.1) is 22.8 Å². The molecule has 2 rings (SSSR count). The van der Waals surface area contributed by atoms with Crippen molar-refractivity contribution in [3.05, 3.63) is 59.4 Å². The third-order valence-corrected chi connectivity index (χ3v) is 4.58. The van der Waals surface area contributed by atoms with Crippen molar-refractivity contribution in [3.8, 4) is 0 Å². The second kappa shape index (κ2) is 6.78. The molecule has 5 nitrogen and oxygen atoms in total. The van der Waals surface area contributed by atoms with E-state index in [1.807, 2.05) is 0 Å². The zero-order chi connectivity index (χ0) is 17.0.